The number of rotatable bonds is 3. The lowest BCUT2D eigenvalue weighted by atomic mass is 9.92. The summed E-state index contributed by atoms with van der Waals surface area (Å²) in [5, 5.41) is 2.35. The maximum atomic E-state index is 12.7. The number of aromatic nitrogens is 2. The van der Waals surface area contributed by atoms with E-state index in [2.05, 4.69) is 9.97 Å². The lowest BCUT2D eigenvalue weighted by Crippen LogP contribution is -2.40. The Morgan fingerprint density at radius 2 is 1.96 bits per heavy atom. The lowest BCUT2D eigenvalue weighted by Gasteiger charge is -2.30. The van der Waals surface area contributed by atoms with Crippen LogP contribution in [-0.2, 0) is 0 Å². The van der Waals surface area contributed by atoms with E-state index in [-0.39, 0.29) is 17.6 Å². The molecule has 0 unspecified atom stereocenters. The van der Waals surface area contributed by atoms with Gasteiger partial charge in [0, 0.05) is 24.4 Å². The van der Waals surface area contributed by atoms with Gasteiger partial charge in [-0.15, -0.1) is 22.7 Å². The summed E-state index contributed by atoms with van der Waals surface area (Å²) >= 11 is 2.87. The number of benzene rings is 1. The minimum atomic E-state index is -0.0509. The summed E-state index contributed by atoms with van der Waals surface area (Å²) in [4.78, 5) is 35.3. The minimum Gasteiger partial charge on any atom is -0.337 e. The minimum absolute atomic E-state index is 0.0397. The fraction of sp³-hybridized carbons (Fsp3) is 0.294. The van der Waals surface area contributed by atoms with Crippen LogP contribution >= 0.6 is 22.7 Å². The van der Waals surface area contributed by atoms with Crippen molar-refractivity contribution in [1.82, 2.24) is 14.9 Å². The van der Waals surface area contributed by atoms with Gasteiger partial charge in [0.2, 0.25) is 0 Å². The van der Waals surface area contributed by atoms with Crippen LogP contribution in [0.2, 0.25) is 0 Å². The molecule has 0 saturated carbocycles. The molecule has 24 heavy (non-hydrogen) atoms. The molecule has 0 spiro atoms. The molecule has 1 saturated heterocycles. The van der Waals surface area contributed by atoms with Crippen LogP contribution in [0.25, 0.3) is 10.2 Å². The fourth-order valence-electron chi connectivity index (χ4n) is 2.98. The summed E-state index contributed by atoms with van der Waals surface area (Å²) in [6.45, 7) is 1.19. The number of likely N-dealkylation sites (tertiary alicyclic amines) is 1. The third-order valence-corrected chi connectivity index (χ3v) is 5.95. The molecule has 1 fully saturated rings. The first-order valence-electron chi connectivity index (χ1n) is 7.79. The highest BCUT2D eigenvalue weighted by Crippen LogP contribution is 2.28. The highest BCUT2D eigenvalue weighted by atomic mass is 32.1. The standard InChI is InChI=1S/C17H15N3O2S2/c21-15(16-19-12-3-1-2-4-14(12)24-16)11-5-7-20(8-6-11)17(22)13-9-23-10-18-13/h1-4,9-11H,5-8H2. The van der Waals surface area contributed by atoms with Crippen molar-refractivity contribution in [2.24, 2.45) is 5.92 Å². The number of hydrogen-bond acceptors (Lipinski definition) is 6. The van der Waals surface area contributed by atoms with Gasteiger partial charge >= 0.3 is 0 Å². The first-order valence-corrected chi connectivity index (χ1v) is 9.55. The molecular weight excluding hydrogens is 342 g/mol. The average molecular weight is 357 g/mol. The molecule has 1 aliphatic rings. The van der Waals surface area contributed by atoms with E-state index in [0.717, 1.165) is 10.2 Å². The number of ketones is 1. The molecule has 0 aliphatic carbocycles. The second-order valence-corrected chi connectivity index (χ2v) is 7.54. The van der Waals surface area contributed by atoms with E-state index in [1.165, 1.54) is 22.7 Å². The molecule has 1 aliphatic heterocycles. The zero-order valence-corrected chi connectivity index (χ0v) is 14.5. The van der Waals surface area contributed by atoms with Gasteiger partial charge in [0.05, 0.1) is 15.7 Å². The van der Waals surface area contributed by atoms with Gasteiger partial charge in [0.1, 0.15) is 5.69 Å². The van der Waals surface area contributed by atoms with Crippen LogP contribution in [-0.4, -0.2) is 39.6 Å². The normalized spacial score (nSPS) is 15.8. The number of carbonyl (C=O) groups excluding carboxylic acids is 2. The van der Waals surface area contributed by atoms with E-state index in [1.54, 1.807) is 15.8 Å². The molecule has 122 valence electrons. The van der Waals surface area contributed by atoms with Crippen molar-refractivity contribution in [3.63, 3.8) is 0 Å². The number of para-hydroxylation sites is 1. The predicted molar refractivity (Wildman–Crippen MR) is 94.7 cm³/mol. The van der Waals surface area contributed by atoms with E-state index >= 15 is 0 Å². The number of thiazole rings is 2. The Bertz CT molecular complexity index is 847. The summed E-state index contributed by atoms with van der Waals surface area (Å²) in [7, 11) is 0. The monoisotopic (exact) mass is 357 g/mol. The van der Waals surface area contributed by atoms with E-state index in [1.807, 2.05) is 24.3 Å². The van der Waals surface area contributed by atoms with Crippen LogP contribution in [0.5, 0.6) is 0 Å². The molecule has 4 rings (SSSR count). The second kappa shape index (κ2) is 6.41. The topological polar surface area (TPSA) is 63.2 Å². The number of hydrogen-bond donors (Lipinski definition) is 0. The lowest BCUT2D eigenvalue weighted by molar-refractivity contribution is 0.0646. The molecular formula is C17H15N3O2S2. The van der Waals surface area contributed by atoms with Crippen molar-refractivity contribution in [3.8, 4) is 0 Å². The number of carbonyl (C=O) groups is 2. The Morgan fingerprint density at radius 1 is 1.17 bits per heavy atom. The number of Topliss-reactive ketones (excluding diaryl/α,β-unsaturated/α-hetero) is 1. The van der Waals surface area contributed by atoms with Gasteiger partial charge in [-0.2, -0.15) is 0 Å². The summed E-state index contributed by atoms with van der Waals surface area (Å²) in [6, 6.07) is 7.80. The molecule has 1 aromatic carbocycles. The average Bonchev–Trinajstić information content (AvgIpc) is 3.30. The first-order chi connectivity index (χ1) is 11.7. The Balaban J connectivity index is 1.43. The summed E-state index contributed by atoms with van der Waals surface area (Å²) < 4.78 is 1.04. The van der Waals surface area contributed by atoms with Crippen molar-refractivity contribution in [1.29, 1.82) is 0 Å². The summed E-state index contributed by atoms with van der Waals surface area (Å²) in [5.74, 6) is 0.0177. The third kappa shape index (κ3) is 2.85. The molecule has 7 heteroatoms. The molecule has 2 aromatic heterocycles. The van der Waals surface area contributed by atoms with Gasteiger partial charge in [0.25, 0.3) is 5.91 Å². The number of amides is 1. The van der Waals surface area contributed by atoms with Crippen molar-refractivity contribution >= 4 is 44.6 Å². The van der Waals surface area contributed by atoms with Gasteiger partial charge in [-0.05, 0) is 25.0 Å². The SMILES string of the molecule is O=C(c1nc2ccccc2s1)C1CCN(C(=O)c2cscn2)CC1. The van der Waals surface area contributed by atoms with Crippen molar-refractivity contribution in [3.05, 3.63) is 45.9 Å². The largest absolute Gasteiger partial charge is 0.337 e. The van der Waals surface area contributed by atoms with E-state index in [9.17, 15) is 9.59 Å². The Kier molecular flexibility index (Phi) is 4.12. The maximum Gasteiger partial charge on any atom is 0.273 e. The van der Waals surface area contributed by atoms with Crippen molar-refractivity contribution in [2.45, 2.75) is 12.8 Å². The van der Waals surface area contributed by atoms with E-state index in [4.69, 9.17) is 0 Å². The third-order valence-electron chi connectivity index (χ3n) is 4.31. The van der Waals surface area contributed by atoms with Crippen molar-refractivity contribution in [2.75, 3.05) is 13.1 Å². The summed E-state index contributed by atoms with van der Waals surface area (Å²) in [6.07, 6.45) is 1.37. The van der Waals surface area contributed by atoms with Crippen LogP contribution in [0.1, 0.15) is 33.1 Å². The van der Waals surface area contributed by atoms with Crippen LogP contribution in [0.4, 0.5) is 0 Å². The highest BCUT2D eigenvalue weighted by molar-refractivity contribution is 7.20. The Hall–Kier alpha value is -2.12. The predicted octanol–water partition coefficient (Wildman–Crippen LogP) is 3.49. The van der Waals surface area contributed by atoms with Crippen LogP contribution in [0.3, 0.4) is 0 Å². The molecule has 1 amide bonds. The molecule has 0 radical (unpaired) electrons. The van der Waals surface area contributed by atoms with E-state index in [0.29, 0.717) is 36.6 Å². The first kappa shape index (κ1) is 15.4. The van der Waals surface area contributed by atoms with Crippen LogP contribution < -0.4 is 0 Å². The molecule has 5 nitrogen and oxygen atoms in total. The quantitative estimate of drug-likeness (QED) is 0.673. The van der Waals surface area contributed by atoms with Gasteiger partial charge in [-0.25, -0.2) is 9.97 Å². The van der Waals surface area contributed by atoms with Gasteiger partial charge < -0.3 is 4.90 Å². The molecule has 0 atom stereocenters. The second-order valence-electron chi connectivity index (χ2n) is 5.79. The van der Waals surface area contributed by atoms with Crippen molar-refractivity contribution < 1.29 is 9.59 Å². The van der Waals surface area contributed by atoms with Crippen LogP contribution in [0.15, 0.2) is 35.2 Å². The van der Waals surface area contributed by atoms with Gasteiger partial charge in [-0.3, -0.25) is 9.59 Å². The molecule has 3 heterocycles. The molecule has 0 bridgehead atoms. The number of nitrogens with zero attached hydrogens (tertiary/aromatic N) is 3. The van der Waals surface area contributed by atoms with Crippen LogP contribution in [0, 0.1) is 5.92 Å². The Labute approximate surface area is 147 Å². The van der Waals surface area contributed by atoms with Gasteiger partial charge in [0.15, 0.2) is 10.8 Å². The maximum absolute atomic E-state index is 12.7. The fourth-order valence-corrected chi connectivity index (χ4v) is 4.49. The molecule has 0 N–H and O–H groups in total. The van der Waals surface area contributed by atoms with E-state index < -0.39 is 0 Å². The Morgan fingerprint density at radius 3 is 2.67 bits per heavy atom. The highest BCUT2D eigenvalue weighted by Gasteiger charge is 2.30. The number of fused-ring (bicyclic) bond motifs is 1. The zero-order chi connectivity index (χ0) is 16.5. The summed E-state index contributed by atoms with van der Waals surface area (Å²) in [5.41, 5.74) is 3.04. The molecule has 3 aromatic rings. The smallest absolute Gasteiger partial charge is 0.273 e. The zero-order valence-electron chi connectivity index (χ0n) is 12.8. The number of piperidine rings is 1. The van der Waals surface area contributed by atoms with Gasteiger partial charge in [-0.1, -0.05) is 12.1 Å².